The zero-order valence-corrected chi connectivity index (χ0v) is 9.74. The number of carboxylic acid groups (broad SMARTS) is 1. The second-order valence-electron chi connectivity index (χ2n) is 4.44. The minimum atomic E-state index is -0.990. The number of carboxylic acids is 1. The van der Waals surface area contributed by atoms with Gasteiger partial charge < -0.3 is 15.3 Å². The average molecular weight is 228 g/mol. The van der Waals surface area contributed by atoms with Crippen LogP contribution in [0.4, 0.5) is 4.79 Å². The van der Waals surface area contributed by atoms with Gasteiger partial charge in [0.15, 0.2) is 0 Å². The van der Waals surface area contributed by atoms with Crippen LogP contribution in [0.25, 0.3) is 0 Å². The summed E-state index contributed by atoms with van der Waals surface area (Å²) in [5, 5.41) is 11.3. The van der Waals surface area contributed by atoms with Crippen LogP contribution in [-0.2, 0) is 4.79 Å². The number of likely N-dealkylation sites (N-methyl/N-ethyl adjacent to an activating group) is 1. The third-order valence-electron chi connectivity index (χ3n) is 2.99. The first kappa shape index (κ1) is 12.8. The zero-order chi connectivity index (χ0) is 12.0. The van der Waals surface area contributed by atoms with Crippen molar-refractivity contribution in [2.75, 3.05) is 20.1 Å². The molecule has 5 nitrogen and oxygen atoms in total. The maximum absolute atomic E-state index is 11.5. The molecule has 0 radical (unpaired) electrons. The minimum absolute atomic E-state index is 0.253. The third-order valence-corrected chi connectivity index (χ3v) is 2.99. The van der Waals surface area contributed by atoms with Gasteiger partial charge in [-0.1, -0.05) is 19.3 Å². The first-order valence-electron chi connectivity index (χ1n) is 5.80. The molecule has 0 saturated heterocycles. The van der Waals surface area contributed by atoms with Gasteiger partial charge in [-0.3, -0.25) is 4.79 Å². The van der Waals surface area contributed by atoms with E-state index in [4.69, 9.17) is 5.11 Å². The minimum Gasteiger partial charge on any atom is -0.480 e. The molecule has 16 heavy (non-hydrogen) atoms. The monoisotopic (exact) mass is 228 g/mol. The number of nitrogens with zero attached hydrogens (tertiary/aromatic N) is 1. The van der Waals surface area contributed by atoms with Crippen LogP contribution >= 0.6 is 0 Å². The molecule has 92 valence electrons. The van der Waals surface area contributed by atoms with E-state index in [1.165, 1.54) is 44.1 Å². The van der Waals surface area contributed by atoms with E-state index in [0.717, 1.165) is 0 Å². The van der Waals surface area contributed by atoms with E-state index in [1.807, 2.05) is 0 Å². The molecule has 0 atom stereocenters. The lowest BCUT2D eigenvalue weighted by Gasteiger charge is -2.23. The van der Waals surface area contributed by atoms with Gasteiger partial charge in [-0.25, -0.2) is 4.79 Å². The van der Waals surface area contributed by atoms with Crippen LogP contribution in [-0.4, -0.2) is 42.1 Å². The fourth-order valence-corrected chi connectivity index (χ4v) is 2.03. The molecule has 1 saturated carbocycles. The fourth-order valence-electron chi connectivity index (χ4n) is 2.03. The van der Waals surface area contributed by atoms with Gasteiger partial charge in [0.25, 0.3) is 0 Å². The zero-order valence-electron chi connectivity index (χ0n) is 9.74. The van der Waals surface area contributed by atoms with E-state index in [-0.39, 0.29) is 12.6 Å². The van der Waals surface area contributed by atoms with Crippen molar-refractivity contribution < 1.29 is 14.7 Å². The average Bonchev–Trinajstić information content (AvgIpc) is 2.26. The summed E-state index contributed by atoms with van der Waals surface area (Å²) in [6, 6.07) is -0.298. The summed E-state index contributed by atoms with van der Waals surface area (Å²) in [6.07, 6.45) is 6.12. The number of aliphatic carboxylic acids is 1. The maximum Gasteiger partial charge on any atom is 0.323 e. The summed E-state index contributed by atoms with van der Waals surface area (Å²) in [4.78, 5) is 23.1. The van der Waals surface area contributed by atoms with Gasteiger partial charge in [0.1, 0.15) is 6.54 Å². The molecule has 0 aromatic carbocycles. The lowest BCUT2D eigenvalue weighted by molar-refractivity contribution is -0.137. The van der Waals surface area contributed by atoms with Crippen LogP contribution in [0.3, 0.4) is 0 Å². The van der Waals surface area contributed by atoms with Crippen molar-refractivity contribution in [3.63, 3.8) is 0 Å². The van der Waals surface area contributed by atoms with Gasteiger partial charge in [-0.05, 0) is 18.8 Å². The number of hydrogen-bond donors (Lipinski definition) is 2. The summed E-state index contributed by atoms with van der Waals surface area (Å²) in [6.45, 7) is 0.416. The molecule has 2 N–H and O–H groups in total. The first-order chi connectivity index (χ1) is 7.59. The number of carbonyl (C=O) groups excluding carboxylic acids is 1. The molecule has 1 fully saturated rings. The molecule has 0 bridgehead atoms. The Bertz CT molecular complexity index is 250. The van der Waals surface area contributed by atoms with Crippen LogP contribution in [0, 0.1) is 5.92 Å². The van der Waals surface area contributed by atoms with Crippen molar-refractivity contribution >= 4 is 12.0 Å². The lowest BCUT2D eigenvalue weighted by Crippen LogP contribution is -2.42. The molecule has 0 heterocycles. The Morgan fingerprint density at radius 2 is 1.94 bits per heavy atom. The molecule has 0 aromatic rings. The van der Waals surface area contributed by atoms with Crippen LogP contribution in [0.5, 0.6) is 0 Å². The molecule has 5 heteroatoms. The second kappa shape index (κ2) is 6.35. The van der Waals surface area contributed by atoms with E-state index in [1.54, 1.807) is 0 Å². The molecule has 1 aliphatic rings. The van der Waals surface area contributed by atoms with E-state index in [2.05, 4.69) is 5.32 Å². The largest absolute Gasteiger partial charge is 0.480 e. The molecule has 1 rings (SSSR count). The predicted octanol–water partition coefficient (Wildman–Crippen LogP) is 1.29. The molecule has 0 unspecified atom stereocenters. The van der Waals surface area contributed by atoms with Crippen LogP contribution in [0.2, 0.25) is 0 Å². The van der Waals surface area contributed by atoms with Crippen molar-refractivity contribution in [1.29, 1.82) is 0 Å². The van der Waals surface area contributed by atoms with Crippen molar-refractivity contribution in [2.24, 2.45) is 5.92 Å². The Hall–Kier alpha value is -1.26. The topological polar surface area (TPSA) is 69.6 Å². The van der Waals surface area contributed by atoms with Gasteiger partial charge in [0.2, 0.25) is 0 Å². The Morgan fingerprint density at radius 1 is 1.31 bits per heavy atom. The number of nitrogens with one attached hydrogen (secondary N) is 1. The summed E-state index contributed by atoms with van der Waals surface area (Å²) < 4.78 is 0. The molecular weight excluding hydrogens is 208 g/mol. The highest BCUT2D eigenvalue weighted by molar-refractivity contribution is 5.79. The van der Waals surface area contributed by atoms with Crippen LogP contribution in [0.1, 0.15) is 32.1 Å². The number of urea groups is 1. The van der Waals surface area contributed by atoms with Crippen molar-refractivity contribution in [3.8, 4) is 0 Å². The van der Waals surface area contributed by atoms with E-state index in [0.29, 0.717) is 12.5 Å². The Labute approximate surface area is 95.8 Å². The summed E-state index contributed by atoms with van der Waals surface area (Å²) in [5.74, 6) is -0.425. The summed E-state index contributed by atoms with van der Waals surface area (Å²) in [5.41, 5.74) is 0. The number of hydrogen-bond acceptors (Lipinski definition) is 2. The highest BCUT2D eigenvalue weighted by atomic mass is 16.4. The van der Waals surface area contributed by atoms with Gasteiger partial charge >= 0.3 is 12.0 Å². The SMILES string of the molecule is CN(CC(=O)O)C(=O)NCC1CCCCC1. The molecule has 2 amide bonds. The van der Waals surface area contributed by atoms with E-state index in [9.17, 15) is 9.59 Å². The number of carbonyl (C=O) groups is 2. The molecule has 1 aliphatic carbocycles. The van der Waals surface area contributed by atoms with Gasteiger partial charge in [-0.15, -0.1) is 0 Å². The molecular formula is C11H20N2O3. The van der Waals surface area contributed by atoms with Crippen molar-refractivity contribution in [2.45, 2.75) is 32.1 Å². The highest BCUT2D eigenvalue weighted by Crippen LogP contribution is 2.22. The maximum atomic E-state index is 11.5. The van der Waals surface area contributed by atoms with Gasteiger partial charge in [0.05, 0.1) is 0 Å². The molecule has 0 spiro atoms. The summed E-state index contributed by atoms with van der Waals surface area (Å²) in [7, 11) is 1.49. The van der Waals surface area contributed by atoms with Crippen molar-refractivity contribution in [3.05, 3.63) is 0 Å². The Kier molecular flexibility index (Phi) is 5.08. The molecule has 0 aromatic heterocycles. The standard InChI is InChI=1S/C11H20N2O3/c1-13(8-10(14)15)11(16)12-7-9-5-3-2-4-6-9/h9H,2-8H2,1H3,(H,12,16)(H,14,15). The lowest BCUT2D eigenvalue weighted by atomic mass is 9.89. The normalized spacial score (nSPS) is 16.8. The van der Waals surface area contributed by atoms with E-state index < -0.39 is 5.97 Å². The summed E-state index contributed by atoms with van der Waals surface area (Å²) >= 11 is 0. The fraction of sp³-hybridized carbons (Fsp3) is 0.818. The molecule has 0 aliphatic heterocycles. The Morgan fingerprint density at radius 3 is 2.50 bits per heavy atom. The third kappa shape index (κ3) is 4.51. The smallest absolute Gasteiger partial charge is 0.323 e. The highest BCUT2D eigenvalue weighted by Gasteiger charge is 2.16. The van der Waals surface area contributed by atoms with Gasteiger partial charge in [0, 0.05) is 13.6 Å². The van der Waals surface area contributed by atoms with Crippen LogP contribution in [0.15, 0.2) is 0 Å². The van der Waals surface area contributed by atoms with Gasteiger partial charge in [-0.2, -0.15) is 0 Å². The Balaban J connectivity index is 2.20. The quantitative estimate of drug-likeness (QED) is 0.761. The number of rotatable bonds is 4. The van der Waals surface area contributed by atoms with Crippen LogP contribution < -0.4 is 5.32 Å². The second-order valence-corrected chi connectivity index (χ2v) is 4.44. The van der Waals surface area contributed by atoms with Crippen molar-refractivity contribution in [1.82, 2.24) is 10.2 Å². The van der Waals surface area contributed by atoms with E-state index >= 15 is 0 Å². The first-order valence-corrected chi connectivity index (χ1v) is 5.80. The number of amides is 2. The predicted molar refractivity (Wildman–Crippen MR) is 60.2 cm³/mol.